The van der Waals surface area contributed by atoms with Crippen LogP contribution < -0.4 is 34.0 Å². The molecule has 0 radical (unpaired) electrons. The summed E-state index contributed by atoms with van der Waals surface area (Å²) in [5.41, 5.74) is 0.604. The molecule has 0 unspecified atom stereocenters. The van der Waals surface area contributed by atoms with Crippen molar-refractivity contribution in [3.05, 3.63) is 35.4 Å². The monoisotopic (exact) mass is 310 g/mol. The molecule has 0 saturated carbocycles. The van der Waals surface area contributed by atoms with Crippen LogP contribution in [0.2, 0.25) is 0 Å². The van der Waals surface area contributed by atoms with Crippen LogP contribution in [-0.4, -0.2) is 23.1 Å². The molecule has 0 nitrogen and oxygen atoms in total. The summed E-state index contributed by atoms with van der Waals surface area (Å²) in [6.45, 7) is 1.64. The molecule has 5 heteroatoms. The zero-order chi connectivity index (χ0) is 6.85. The van der Waals surface area contributed by atoms with Crippen LogP contribution in [0.5, 0.6) is 0 Å². The van der Waals surface area contributed by atoms with Crippen LogP contribution in [0.3, 0.4) is 0 Å². The van der Waals surface area contributed by atoms with Gasteiger partial charge in [-0.1, -0.05) is 0 Å². The van der Waals surface area contributed by atoms with Gasteiger partial charge in [0.05, 0.1) is 0 Å². The zero-order valence-electron chi connectivity index (χ0n) is 6.45. The summed E-state index contributed by atoms with van der Waals surface area (Å²) < 4.78 is 24.4. The molecule has 1 aromatic carbocycles. The zero-order valence-corrected chi connectivity index (χ0v) is 11.0. The molecule has 1 rings (SSSR count). The molecule has 0 heterocycles. The van der Waals surface area contributed by atoms with Gasteiger partial charge in [-0.3, -0.25) is 0 Å². The van der Waals surface area contributed by atoms with Crippen LogP contribution in [0.4, 0.5) is 8.78 Å². The summed E-state index contributed by atoms with van der Waals surface area (Å²) in [7, 11) is 0. The first kappa shape index (κ1) is 18.6. The van der Waals surface area contributed by atoms with Gasteiger partial charge in [0.2, 0.25) is 0 Å². The maximum Gasteiger partial charge on any atom is 2.00 e. The van der Waals surface area contributed by atoms with Gasteiger partial charge in [0, 0.05) is 6.07 Å². The van der Waals surface area contributed by atoms with Crippen molar-refractivity contribution in [3.8, 4) is 0 Å². The quantitative estimate of drug-likeness (QED) is 0.427. The Balaban J connectivity index is -0.000000270. The van der Waals surface area contributed by atoms with Crippen molar-refractivity contribution in [1.82, 2.24) is 0 Å². The molecule has 0 aromatic heterocycles. The van der Waals surface area contributed by atoms with Crippen molar-refractivity contribution in [3.63, 3.8) is 0 Å². The summed E-state index contributed by atoms with van der Waals surface area (Å²) in [4.78, 5) is 0. The fourth-order valence-corrected chi connectivity index (χ4v) is 0.692. The Labute approximate surface area is 107 Å². The maximum absolute atomic E-state index is 12.2. The van der Waals surface area contributed by atoms with Crippen LogP contribution in [0.15, 0.2) is 18.2 Å². The number of rotatable bonds is 0. The molecule has 0 aliphatic heterocycles. The van der Waals surface area contributed by atoms with E-state index in [1.807, 2.05) is 0 Å². The number of aryl methyl sites for hydroxylation is 1. The molecule has 0 fully saturated rings. The predicted octanol–water partition coefficient (Wildman–Crippen LogP) is -4.10. The van der Waals surface area contributed by atoms with Gasteiger partial charge in [0.25, 0.3) is 0 Å². The van der Waals surface area contributed by atoms with E-state index >= 15 is 0 Å². The minimum absolute atomic E-state index is 0. The third kappa shape index (κ3) is 6.34. The van der Waals surface area contributed by atoms with Crippen molar-refractivity contribution < 1.29 is 42.7 Å². The van der Waals surface area contributed by atoms with Gasteiger partial charge in [0.1, 0.15) is 11.6 Å². The summed E-state index contributed by atoms with van der Waals surface area (Å²) in [6, 6.07) is 3.42. The largest absolute Gasteiger partial charge is 2.00 e. The van der Waals surface area contributed by atoms with Gasteiger partial charge in [-0.15, -0.1) is 0 Å². The van der Waals surface area contributed by atoms with Crippen molar-refractivity contribution in [2.45, 2.75) is 6.92 Å². The molecule has 64 valence electrons. The molecular weight excluding hydrogens is 306 g/mol. The molecule has 0 atom stereocenters. The van der Waals surface area contributed by atoms with E-state index in [9.17, 15) is 8.78 Å². The van der Waals surface area contributed by atoms with Gasteiger partial charge in [-0.25, -0.2) is 8.78 Å². The Kier molecular flexibility index (Phi) is 13.0. The fraction of sp³-hybridized carbons (Fsp3) is 0.143. The van der Waals surface area contributed by atoms with E-state index in [2.05, 4.69) is 0 Å². The topological polar surface area (TPSA) is 0 Å². The Morgan fingerprint density at radius 1 is 0.917 bits per heavy atom. The third-order valence-corrected chi connectivity index (χ3v) is 1.01. The number of benzene rings is 1. The molecule has 0 N–H and O–H groups in total. The normalized spacial score (nSPS) is 7.25. The second-order valence-electron chi connectivity index (χ2n) is 1.95. The van der Waals surface area contributed by atoms with Crippen LogP contribution in [-0.2, 0) is 0 Å². The number of halogens is 4. The van der Waals surface area contributed by atoms with Crippen molar-refractivity contribution in [2.24, 2.45) is 0 Å². The Morgan fingerprint density at radius 2 is 1.25 bits per heavy atom. The van der Waals surface area contributed by atoms with Gasteiger partial charge in [-0.2, -0.15) is 0 Å². The van der Waals surface area contributed by atoms with E-state index in [0.717, 1.165) is 6.07 Å². The van der Waals surface area contributed by atoms with Gasteiger partial charge >= 0.3 is 23.1 Å². The van der Waals surface area contributed by atoms with E-state index in [0.29, 0.717) is 5.56 Å². The minimum atomic E-state index is -0.521. The second kappa shape index (κ2) is 8.41. The van der Waals surface area contributed by atoms with E-state index in [4.69, 9.17) is 0 Å². The van der Waals surface area contributed by atoms with E-state index in [1.165, 1.54) is 12.1 Å². The fourth-order valence-electron chi connectivity index (χ4n) is 0.692. The first-order chi connectivity index (χ1) is 4.18. The Bertz CT molecular complexity index is 180. The van der Waals surface area contributed by atoms with E-state index in [-0.39, 0.29) is 57.0 Å². The molecule has 0 aliphatic carbocycles. The van der Waals surface area contributed by atoms with Crippen molar-refractivity contribution in [2.75, 3.05) is 0 Å². The van der Waals surface area contributed by atoms with Gasteiger partial charge in [0.15, 0.2) is 0 Å². The Morgan fingerprint density at radius 3 is 1.50 bits per heavy atom. The third-order valence-electron chi connectivity index (χ3n) is 1.01. The molecule has 0 aliphatic rings. The summed E-state index contributed by atoms with van der Waals surface area (Å²) in [6.07, 6.45) is 0. The molecule has 0 amide bonds. The molecule has 0 bridgehead atoms. The van der Waals surface area contributed by atoms with Gasteiger partial charge < -0.3 is 34.0 Å². The summed E-state index contributed by atoms with van der Waals surface area (Å²) in [5.74, 6) is -1.04. The first-order valence-corrected chi connectivity index (χ1v) is 2.61. The van der Waals surface area contributed by atoms with Crippen molar-refractivity contribution >= 4 is 23.1 Å². The van der Waals surface area contributed by atoms with Gasteiger partial charge in [-0.05, 0) is 24.6 Å². The molecular formula is C7H6Br2F2Mg. The van der Waals surface area contributed by atoms with Crippen molar-refractivity contribution in [1.29, 1.82) is 0 Å². The smallest absolute Gasteiger partial charge is 1.00 e. The molecule has 1 aromatic rings. The Hall–Kier alpha value is 0.806. The van der Waals surface area contributed by atoms with E-state index < -0.39 is 11.6 Å². The van der Waals surface area contributed by atoms with E-state index in [1.54, 1.807) is 6.92 Å². The minimum Gasteiger partial charge on any atom is -1.00 e. The summed E-state index contributed by atoms with van der Waals surface area (Å²) >= 11 is 0. The SMILES string of the molecule is Cc1cc(F)cc(F)c1.[Br-].[Br-].[Mg+2]. The average Bonchev–Trinajstić information content (AvgIpc) is 1.59. The summed E-state index contributed by atoms with van der Waals surface area (Å²) in [5, 5.41) is 0. The molecule has 0 spiro atoms. The maximum atomic E-state index is 12.2. The molecule has 12 heavy (non-hydrogen) atoms. The first-order valence-electron chi connectivity index (χ1n) is 2.61. The van der Waals surface area contributed by atoms with Crippen LogP contribution in [0, 0.1) is 18.6 Å². The predicted molar refractivity (Wildman–Crippen MR) is 36.8 cm³/mol. The van der Waals surface area contributed by atoms with Crippen LogP contribution in [0.1, 0.15) is 5.56 Å². The second-order valence-corrected chi connectivity index (χ2v) is 1.95. The standard InChI is InChI=1S/C7H6F2.2BrH.Mg/c1-5-2-6(8)4-7(9)3-5;;;/h2-4H,1H3;2*1H;/q;;;+2/p-2. The number of hydrogen-bond acceptors (Lipinski definition) is 0. The number of hydrogen-bond donors (Lipinski definition) is 0. The van der Waals surface area contributed by atoms with Crippen LogP contribution in [0.25, 0.3) is 0 Å². The average molecular weight is 312 g/mol. The van der Waals surface area contributed by atoms with Crippen LogP contribution >= 0.6 is 0 Å². The molecule has 0 saturated heterocycles.